The van der Waals surface area contributed by atoms with Crippen LogP contribution in [0.2, 0.25) is 5.02 Å². The van der Waals surface area contributed by atoms with Gasteiger partial charge in [0.2, 0.25) is 10.0 Å². The number of amides is 1. The first-order valence-electron chi connectivity index (χ1n) is 9.44. The van der Waals surface area contributed by atoms with Crippen LogP contribution in [0.5, 0.6) is 0 Å². The molecule has 0 saturated heterocycles. The van der Waals surface area contributed by atoms with Crippen LogP contribution in [0.25, 0.3) is 0 Å². The first-order valence-corrected chi connectivity index (χ1v) is 11.7. The average Bonchev–Trinajstić information content (AvgIpc) is 2.74. The molecule has 0 atom stereocenters. The summed E-state index contributed by atoms with van der Waals surface area (Å²) >= 11 is 6.18. The molecule has 0 aromatic heterocycles. The number of nitrogens with one attached hydrogen (secondary N) is 1. The molecule has 1 amide bonds. The maximum Gasteiger partial charge on any atom is 0.271 e. The molecule has 32 heavy (non-hydrogen) atoms. The number of carbonyl (C=O) groups is 1. The lowest BCUT2D eigenvalue weighted by molar-refractivity contribution is -0.384. The van der Waals surface area contributed by atoms with Gasteiger partial charge in [-0.05, 0) is 48.4 Å². The second-order valence-corrected chi connectivity index (χ2v) is 9.43. The van der Waals surface area contributed by atoms with E-state index in [-0.39, 0.29) is 17.8 Å². The third-order valence-corrected chi connectivity index (χ3v) is 6.28. The van der Waals surface area contributed by atoms with Gasteiger partial charge in [-0.15, -0.1) is 0 Å². The van der Waals surface area contributed by atoms with Crippen molar-refractivity contribution in [2.24, 2.45) is 0 Å². The zero-order valence-electron chi connectivity index (χ0n) is 17.3. The van der Waals surface area contributed by atoms with Crippen molar-refractivity contribution in [3.05, 3.63) is 98.6 Å². The van der Waals surface area contributed by atoms with Crippen LogP contribution >= 0.6 is 11.6 Å². The van der Waals surface area contributed by atoms with Crippen molar-refractivity contribution in [1.29, 1.82) is 0 Å². The van der Waals surface area contributed by atoms with E-state index in [1.165, 1.54) is 40.7 Å². The Kier molecular flexibility index (Phi) is 6.81. The van der Waals surface area contributed by atoms with Crippen molar-refractivity contribution in [3.63, 3.8) is 0 Å². The molecule has 0 unspecified atom stereocenters. The van der Waals surface area contributed by atoms with Gasteiger partial charge >= 0.3 is 0 Å². The summed E-state index contributed by atoms with van der Waals surface area (Å²) in [6.45, 7) is 1.76. The maximum absolute atomic E-state index is 12.6. The Morgan fingerprint density at radius 3 is 2.34 bits per heavy atom. The lowest BCUT2D eigenvalue weighted by Gasteiger charge is -2.23. The number of non-ortho nitro benzene ring substituents is 1. The minimum Gasteiger partial charge on any atom is -0.321 e. The molecule has 3 aromatic carbocycles. The maximum atomic E-state index is 12.6. The van der Waals surface area contributed by atoms with Crippen LogP contribution in [0.4, 0.5) is 17.1 Å². The van der Waals surface area contributed by atoms with E-state index >= 15 is 0 Å². The van der Waals surface area contributed by atoms with Gasteiger partial charge in [0.15, 0.2) is 0 Å². The zero-order chi connectivity index (χ0) is 23.5. The SMILES string of the molecule is Cc1ccc([N+](=O)[O-])cc1NC(=O)c1ccc(N(Cc2ccccc2Cl)S(C)(=O)=O)cc1. The van der Waals surface area contributed by atoms with Gasteiger partial charge in [-0.1, -0.05) is 35.9 Å². The van der Waals surface area contributed by atoms with Crippen LogP contribution in [-0.4, -0.2) is 25.5 Å². The lowest BCUT2D eigenvalue weighted by Crippen LogP contribution is -2.29. The van der Waals surface area contributed by atoms with Crippen molar-refractivity contribution in [1.82, 2.24) is 0 Å². The second-order valence-electron chi connectivity index (χ2n) is 7.12. The third-order valence-electron chi connectivity index (χ3n) is 4.77. The van der Waals surface area contributed by atoms with Crippen molar-refractivity contribution >= 4 is 44.6 Å². The normalized spacial score (nSPS) is 11.1. The van der Waals surface area contributed by atoms with E-state index in [1.807, 2.05) is 0 Å². The molecule has 0 spiro atoms. The predicted octanol–water partition coefficient (Wildman–Crippen LogP) is 4.78. The highest BCUT2D eigenvalue weighted by Gasteiger charge is 2.20. The Morgan fingerprint density at radius 1 is 1.09 bits per heavy atom. The van der Waals surface area contributed by atoms with Gasteiger partial charge in [0.25, 0.3) is 11.6 Å². The number of nitro groups is 1. The first kappa shape index (κ1) is 23.2. The summed E-state index contributed by atoms with van der Waals surface area (Å²) in [6.07, 6.45) is 1.09. The Labute approximate surface area is 190 Å². The van der Waals surface area contributed by atoms with Crippen molar-refractivity contribution in [2.45, 2.75) is 13.5 Å². The fourth-order valence-electron chi connectivity index (χ4n) is 3.01. The number of carbonyl (C=O) groups excluding carboxylic acids is 1. The fraction of sp³-hybridized carbons (Fsp3) is 0.136. The van der Waals surface area contributed by atoms with Crippen LogP contribution in [0.1, 0.15) is 21.5 Å². The van der Waals surface area contributed by atoms with E-state index in [4.69, 9.17) is 11.6 Å². The van der Waals surface area contributed by atoms with Crippen LogP contribution in [-0.2, 0) is 16.6 Å². The number of nitrogens with zero attached hydrogens (tertiary/aromatic N) is 2. The highest BCUT2D eigenvalue weighted by molar-refractivity contribution is 7.92. The number of rotatable bonds is 7. The number of anilines is 2. The van der Waals surface area contributed by atoms with Crippen molar-refractivity contribution in [3.8, 4) is 0 Å². The van der Waals surface area contributed by atoms with Crippen LogP contribution in [0.3, 0.4) is 0 Å². The molecule has 0 aliphatic heterocycles. The number of sulfonamides is 1. The molecule has 3 aromatic rings. The standard InChI is InChI=1S/C22H20ClN3O5S/c1-15-7-10-19(26(28)29)13-21(15)24-22(27)16-8-11-18(12-9-16)25(32(2,30)31)14-17-5-3-4-6-20(17)23/h3-13H,14H2,1-2H3,(H,24,27). The molecule has 0 aliphatic rings. The lowest BCUT2D eigenvalue weighted by atomic mass is 10.1. The Morgan fingerprint density at radius 2 is 1.75 bits per heavy atom. The van der Waals surface area contributed by atoms with E-state index in [2.05, 4.69) is 5.32 Å². The number of hydrogen-bond acceptors (Lipinski definition) is 5. The van der Waals surface area contributed by atoms with Gasteiger partial charge in [-0.3, -0.25) is 19.2 Å². The van der Waals surface area contributed by atoms with Gasteiger partial charge in [0.05, 0.1) is 29.1 Å². The largest absolute Gasteiger partial charge is 0.321 e. The molecular weight excluding hydrogens is 454 g/mol. The minimum atomic E-state index is -3.62. The second kappa shape index (κ2) is 9.37. The topological polar surface area (TPSA) is 110 Å². The van der Waals surface area contributed by atoms with Gasteiger partial charge in [0, 0.05) is 22.7 Å². The molecular formula is C22H20ClN3O5S. The highest BCUT2D eigenvalue weighted by atomic mass is 35.5. The van der Waals surface area contributed by atoms with E-state index in [0.717, 1.165) is 6.26 Å². The van der Waals surface area contributed by atoms with Crippen molar-refractivity contribution < 1.29 is 18.1 Å². The van der Waals surface area contributed by atoms with Crippen LogP contribution < -0.4 is 9.62 Å². The third kappa shape index (κ3) is 5.43. The molecule has 0 saturated carbocycles. The molecule has 0 fully saturated rings. The van der Waals surface area contributed by atoms with Gasteiger partial charge in [-0.2, -0.15) is 0 Å². The predicted molar refractivity (Wildman–Crippen MR) is 125 cm³/mol. The molecule has 1 N–H and O–H groups in total. The summed E-state index contributed by atoms with van der Waals surface area (Å²) in [6, 6.07) is 17.2. The molecule has 0 bridgehead atoms. The summed E-state index contributed by atoms with van der Waals surface area (Å²) in [5.41, 5.74) is 2.14. The summed E-state index contributed by atoms with van der Waals surface area (Å²) in [5.74, 6) is -0.475. The van der Waals surface area contributed by atoms with Gasteiger partial charge in [-0.25, -0.2) is 8.42 Å². The van der Waals surface area contributed by atoms with Crippen molar-refractivity contribution in [2.75, 3.05) is 15.9 Å². The van der Waals surface area contributed by atoms with E-state index in [1.54, 1.807) is 37.3 Å². The molecule has 166 valence electrons. The van der Waals surface area contributed by atoms with E-state index < -0.39 is 20.9 Å². The average molecular weight is 474 g/mol. The molecule has 0 radical (unpaired) electrons. The molecule has 0 heterocycles. The number of aryl methyl sites for hydroxylation is 1. The Hall–Kier alpha value is -3.43. The summed E-state index contributed by atoms with van der Waals surface area (Å²) < 4.78 is 26.0. The minimum absolute atomic E-state index is 0.0386. The Balaban J connectivity index is 1.84. The van der Waals surface area contributed by atoms with Crippen LogP contribution in [0, 0.1) is 17.0 Å². The highest BCUT2D eigenvalue weighted by Crippen LogP contribution is 2.26. The first-order chi connectivity index (χ1) is 15.1. The number of nitro benzene ring substituents is 1. The smallest absolute Gasteiger partial charge is 0.271 e. The quantitative estimate of drug-likeness (QED) is 0.392. The molecule has 0 aliphatic carbocycles. The number of hydrogen-bond donors (Lipinski definition) is 1. The molecule has 3 rings (SSSR count). The van der Waals surface area contributed by atoms with Gasteiger partial charge in [0.1, 0.15) is 0 Å². The molecule has 8 nitrogen and oxygen atoms in total. The molecule has 10 heteroatoms. The van der Waals surface area contributed by atoms with E-state index in [9.17, 15) is 23.3 Å². The van der Waals surface area contributed by atoms with E-state index in [0.29, 0.717) is 27.5 Å². The monoisotopic (exact) mass is 473 g/mol. The summed E-state index contributed by atoms with van der Waals surface area (Å²) in [5, 5.41) is 14.1. The zero-order valence-corrected chi connectivity index (χ0v) is 18.9. The number of halogens is 1. The summed E-state index contributed by atoms with van der Waals surface area (Å²) in [7, 11) is -3.62. The fourth-order valence-corrected chi connectivity index (χ4v) is 4.09. The van der Waals surface area contributed by atoms with Gasteiger partial charge < -0.3 is 5.32 Å². The summed E-state index contributed by atoms with van der Waals surface area (Å²) in [4.78, 5) is 23.1. The number of benzene rings is 3. The Bertz CT molecular complexity index is 1280. The van der Waals surface area contributed by atoms with Crippen LogP contribution in [0.15, 0.2) is 66.7 Å².